The fourth-order valence-electron chi connectivity index (χ4n) is 2.51. The summed E-state index contributed by atoms with van der Waals surface area (Å²) < 4.78 is 7.67. The van der Waals surface area contributed by atoms with Gasteiger partial charge < -0.3 is 19.8 Å². The van der Waals surface area contributed by atoms with E-state index in [4.69, 9.17) is 4.74 Å². The summed E-state index contributed by atoms with van der Waals surface area (Å²) in [5, 5.41) is 6.62. The van der Waals surface area contributed by atoms with E-state index in [0.717, 1.165) is 56.4 Å². The van der Waals surface area contributed by atoms with Gasteiger partial charge in [0.1, 0.15) is 5.65 Å². The van der Waals surface area contributed by atoms with Crippen LogP contribution in [-0.4, -0.2) is 41.6 Å². The third-order valence-corrected chi connectivity index (χ3v) is 3.89. The Labute approximate surface area is 150 Å². The first-order valence-corrected chi connectivity index (χ1v) is 9.28. The second kappa shape index (κ2) is 10.7. The van der Waals surface area contributed by atoms with Crippen molar-refractivity contribution in [3.63, 3.8) is 0 Å². The van der Waals surface area contributed by atoms with Crippen LogP contribution < -0.4 is 10.6 Å². The number of hydrogen-bond acceptors (Lipinski definition) is 3. The lowest BCUT2D eigenvalue weighted by Crippen LogP contribution is -2.38. The van der Waals surface area contributed by atoms with Gasteiger partial charge in [-0.25, -0.2) is 9.98 Å². The van der Waals surface area contributed by atoms with Crippen molar-refractivity contribution >= 4 is 11.6 Å². The molecule has 0 saturated carbocycles. The first-order chi connectivity index (χ1) is 12.2. The third kappa shape index (κ3) is 6.38. The zero-order valence-electron chi connectivity index (χ0n) is 15.7. The maximum atomic E-state index is 5.58. The zero-order chi connectivity index (χ0) is 17.9. The standard InChI is InChI=1S/C19H31N5O/c1-4-6-12-25-13-8-11-21-19(20-5-2)22-14-17-15-24-16(3)9-7-10-18(24)23-17/h7,9-10,15H,4-6,8,11-14H2,1-3H3,(H2,20,21,22). The van der Waals surface area contributed by atoms with E-state index in [2.05, 4.69) is 58.0 Å². The summed E-state index contributed by atoms with van der Waals surface area (Å²) >= 11 is 0. The van der Waals surface area contributed by atoms with Crippen LogP contribution in [0.2, 0.25) is 0 Å². The molecule has 0 aromatic carbocycles. The Kier molecular flexibility index (Phi) is 8.25. The van der Waals surface area contributed by atoms with Gasteiger partial charge >= 0.3 is 0 Å². The molecule has 6 nitrogen and oxygen atoms in total. The Balaban J connectivity index is 1.82. The van der Waals surface area contributed by atoms with Crippen molar-refractivity contribution in [1.82, 2.24) is 20.0 Å². The van der Waals surface area contributed by atoms with Gasteiger partial charge in [-0.1, -0.05) is 19.4 Å². The molecule has 2 rings (SSSR count). The molecule has 2 aromatic rings. The van der Waals surface area contributed by atoms with Crippen molar-refractivity contribution in [2.75, 3.05) is 26.3 Å². The maximum Gasteiger partial charge on any atom is 0.191 e. The number of nitrogens with zero attached hydrogens (tertiary/aromatic N) is 3. The van der Waals surface area contributed by atoms with Gasteiger partial charge in [0.05, 0.1) is 12.2 Å². The molecule has 138 valence electrons. The van der Waals surface area contributed by atoms with Crippen molar-refractivity contribution in [3.05, 3.63) is 35.8 Å². The number of aliphatic imine (C=N–C) groups is 1. The van der Waals surface area contributed by atoms with Crippen molar-refractivity contribution in [2.24, 2.45) is 4.99 Å². The molecule has 2 aromatic heterocycles. The predicted octanol–water partition coefficient (Wildman–Crippen LogP) is 2.90. The molecular formula is C19H31N5O. The molecule has 0 aliphatic carbocycles. The monoisotopic (exact) mass is 345 g/mol. The van der Waals surface area contributed by atoms with Gasteiger partial charge in [-0.15, -0.1) is 0 Å². The summed E-state index contributed by atoms with van der Waals surface area (Å²) in [5.74, 6) is 0.824. The molecule has 0 unspecified atom stereocenters. The second-order valence-electron chi connectivity index (χ2n) is 6.07. The number of ether oxygens (including phenoxy) is 1. The molecule has 0 spiro atoms. The number of pyridine rings is 1. The molecular weight excluding hydrogens is 314 g/mol. The molecule has 2 N–H and O–H groups in total. The number of fused-ring (bicyclic) bond motifs is 1. The third-order valence-electron chi connectivity index (χ3n) is 3.89. The molecule has 0 aliphatic rings. The summed E-state index contributed by atoms with van der Waals surface area (Å²) in [5.41, 5.74) is 3.11. The number of hydrogen-bond donors (Lipinski definition) is 2. The number of guanidine groups is 1. The summed E-state index contributed by atoms with van der Waals surface area (Å²) in [6, 6.07) is 6.12. The lowest BCUT2D eigenvalue weighted by molar-refractivity contribution is 0.129. The van der Waals surface area contributed by atoms with E-state index in [1.54, 1.807) is 0 Å². The number of imidazole rings is 1. The highest BCUT2D eigenvalue weighted by molar-refractivity contribution is 5.79. The Morgan fingerprint density at radius 3 is 2.80 bits per heavy atom. The molecule has 2 heterocycles. The van der Waals surface area contributed by atoms with Crippen LogP contribution in [0.5, 0.6) is 0 Å². The summed E-state index contributed by atoms with van der Waals surface area (Å²) in [6.45, 7) is 10.2. The minimum Gasteiger partial charge on any atom is -0.381 e. The largest absolute Gasteiger partial charge is 0.381 e. The Morgan fingerprint density at radius 2 is 2.04 bits per heavy atom. The number of aryl methyl sites for hydroxylation is 1. The lowest BCUT2D eigenvalue weighted by Gasteiger charge is -2.11. The highest BCUT2D eigenvalue weighted by Gasteiger charge is 2.03. The average Bonchev–Trinajstić information content (AvgIpc) is 3.03. The van der Waals surface area contributed by atoms with Gasteiger partial charge in [-0.05, 0) is 38.8 Å². The predicted molar refractivity (Wildman–Crippen MR) is 103 cm³/mol. The van der Waals surface area contributed by atoms with Crippen LogP contribution in [-0.2, 0) is 11.3 Å². The molecule has 0 amide bonds. The van der Waals surface area contributed by atoms with Gasteiger partial charge in [0, 0.05) is 38.2 Å². The SMILES string of the molecule is CCCCOCCCNC(=NCc1cn2c(C)cccc2n1)NCC. The molecule has 25 heavy (non-hydrogen) atoms. The van der Waals surface area contributed by atoms with E-state index in [1.807, 2.05) is 12.1 Å². The van der Waals surface area contributed by atoms with Gasteiger partial charge in [0.2, 0.25) is 0 Å². The maximum absolute atomic E-state index is 5.58. The van der Waals surface area contributed by atoms with E-state index in [0.29, 0.717) is 6.54 Å². The van der Waals surface area contributed by atoms with E-state index in [1.165, 1.54) is 12.1 Å². The van der Waals surface area contributed by atoms with E-state index in [-0.39, 0.29) is 0 Å². The number of rotatable bonds is 10. The molecule has 0 aliphatic heterocycles. The van der Waals surface area contributed by atoms with Gasteiger partial charge in [-0.2, -0.15) is 0 Å². The highest BCUT2D eigenvalue weighted by atomic mass is 16.5. The fraction of sp³-hybridized carbons (Fsp3) is 0.579. The van der Waals surface area contributed by atoms with Crippen LogP contribution in [0, 0.1) is 6.92 Å². The normalized spacial score (nSPS) is 11.9. The van der Waals surface area contributed by atoms with Crippen LogP contribution in [0.1, 0.15) is 44.5 Å². The van der Waals surface area contributed by atoms with Gasteiger partial charge in [-0.3, -0.25) is 0 Å². The minimum atomic E-state index is 0.559. The topological polar surface area (TPSA) is 63.0 Å². The van der Waals surface area contributed by atoms with Crippen LogP contribution in [0.25, 0.3) is 5.65 Å². The Morgan fingerprint density at radius 1 is 1.20 bits per heavy atom. The van der Waals surface area contributed by atoms with Crippen molar-refractivity contribution in [1.29, 1.82) is 0 Å². The summed E-state index contributed by atoms with van der Waals surface area (Å²) in [7, 11) is 0. The first-order valence-electron chi connectivity index (χ1n) is 9.28. The highest BCUT2D eigenvalue weighted by Crippen LogP contribution is 2.09. The Bertz CT molecular complexity index is 665. The molecule has 0 atom stereocenters. The van der Waals surface area contributed by atoms with Crippen LogP contribution in [0.4, 0.5) is 0 Å². The number of nitrogens with one attached hydrogen (secondary N) is 2. The zero-order valence-corrected chi connectivity index (χ0v) is 15.7. The van der Waals surface area contributed by atoms with Crippen LogP contribution in [0.3, 0.4) is 0 Å². The summed E-state index contributed by atoms with van der Waals surface area (Å²) in [4.78, 5) is 9.26. The van der Waals surface area contributed by atoms with Crippen molar-refractivity contribution in [3.8, 4) is 0 Å². The molecule has 6 heteroatoms. The average molecular weight is 345 g/mol. The fourth-order valence-corrected chi connectivity index (χ4v) is 2.51. The first kappa shape index (κ1) is 19.2. The molecule has 0 radical (unpaired) electrons. The smallest absolute Gasteiger partial charge is 0.191 e. The molecule has 0 bridgehead atoms. The Hall–Kier alpha value is -2.08. The van der Waals surface area contributed by atoms with E-state index in [9.17, 15) is 0 Å². The molecule has 0 fully saturated rings. The minimum absolute atomic E-state index is 0.559. The second-order valence-corrected chi connectivity index (χ2v) is 6.07. The number of unbranched alkanes of at least 4 members (excludes halogenated alkanes) is 1. The van der Waals surface area contributed by atoms with Gasteiger partial charge in [0.25, 0.3) is 0 Å². The lowest BCUT2D eigenvalue weighted by atomic mass is 10.4. The summed E-state index contributed by atoms with van der Waals surface area (Å²) in [6.07, 6.45) is 5.34. The number of aromatic nitrogens is 2. The van der Waals surface area contributed by atoms with E-state index < -0.39 is 0 Å². The van der Waals surface area contributed by atoms with Crippen LogP contribution in [0.15, 0.2) is 29.4 Å². The van der Waals surface area contributed by atoms with Crippen molar-refractivity contribution in [2.45, 2.75) is 46.6 Å². The van der Waals surface area contributed by atoms with E-state index >= 15 is 0 Å². The molecule has 0 saturated heterocycles. The van der Waals surface area contributed by atoms with Crippen LogP contribution >= 0.6 is 0 Å². The van der Waals surface area contributed by atoms with Gasteiger partial charge in [0.15, 0.2) is 5.96 Å². The van der Waals surface area contributed by atoms with Crippen molar-refractivity contribution < 1.29 is 4.74 Å². The quantitative estimate of drug-likeness (QED) is 0.395.